The monoisotopic (exact) mass is 272 g/mol. The molecule has 1 aromatic heterocycles. The van der Waals surface area contributed by atoms with E-state index in [4.69, 9.17) is 5.73 Å². The lowest BCUT2D eigenvalue weighted by Crippen LogP contribution is -2.32. The summed E-state index contributed by atoms with van der Waals surface area (Å²) < 4.78 is 0. The van der Waals surface area contributed by atoms with Crippen LogP contribution in [0.15, 0.2) is 18.3 Å². The summed E-state index contributed by atoms with van der Waals surface area (Å²) in [5.74, 6) is 1.45. The van der Waals surface area contributed by atoms with Crippen LogP contribution in [0.2, 0.25) is 0 Å². The van der Waals surface area contributed by atoms with Gasteiger partial charge in [-0.1, -0.05) is 38.2 Å². The molecule has 20 heavy (non-hydrogen) atoms. The molecule has 0 aromatic carbocycles. The van der Waals surface area contributed by atoms with Gasteiger partial charge in [0.2, 0.25) is 0 Å². The van der Waals surface area contributed by atoms with Gasteiger partial charge in [0.1, 0.15) is 0 Å². The molecule has 1 fully saturated rings. The van der Waals surface area contributed by atoms with Crippen molar-refractivity contribution < 1.29 is 0 Å². The number of rotatable bonds is 4. The highest BCUT2D eigenvalue weighted by Crippen LogP contribution is 2.35. The first-order chi connectivity index (χ1) is 9.84. The molecule has 0 aliphatic heterocycles. The van der Waals surface area contributed by atoms with Crippen LogP contribution in [0.1, 0.15) is 75.0 Å². The first kappa shape index (κ1) is 14.1. The summed E-state index contributed by atoms with van der Waals surface area (Å²) in [7, 11) is 0. The Morgan fingerprint density at radius 2 is 2.00 bits per heavy atom. The molecule has 2 atom stereocenters. The normalized spacial score (nSPS) is 25.1. The summed E-state index contributed by atoms with van der Waals surface area (Å²) >= 11 is 0. The van der Waals surface area contributed by atoms with E-state index in [1.165, 1.54) is 75.5 Å². The summed E-state index contributed by atoms with van der Waals surface area (Å²) in [5.41, 5.74) is 9.28. The summed E-state index contributed by atoms with van der Waals surface area (Å²) in [5, 5.41) is 0. The predicted octanol–water partition coefficient (Wildman–Crippen LogP) is 4.19. The number of fused-ring (bicyclic) bond motifs is 1. The molecule has 1 saturated carbocycles. The molecule has 2 heteroatoms. The molecule has 2 N–H and O–H groups in total. The van der Waals surface area contributed by atoms with Crippen molar-refractivity contribution in [3.05, 3.63) is 29.6 Å². The fourth-order valence-electron chi connectivity index (χ4n) is 4.17. The molecular formula is C18H28N2. The molecule has 3 rings (SSSR count). The minimum absolute atomic E-state index is 0.311. The van der Waals surface area contributed by atoms with Crippen LogP contribution >= 0.6 is 0 Å². The standard InChI is InChI=1S/C18H28N2/c19-17(12-11-14-6-2-1-3-7-14)16-10-4-8-15-9-5-13-20-18(15)16/h5,9,13-14,16-17H,1-4,6-8,10-12,19H2. The average molecular weight is 272 g/mol. The zero-order chi connectivity index (χ0) is 13.8. The van der Waals surface area contributed by atoms with Crippen molar-refractivity contribution in [2.24, 2.45) is 11.7 Å². The fraction of sp³-hybridized carbons (Fsp3) is 0.722. The largest absolute Gasteiger partial charge is 0.327 e. The van der Waals surface area contributed by atoms with Crippen LogP contribution < -0.4 is 5.73 Å². The molecule has 110 valence electrons. The van der Waals surface area contributed by atoms with E-state index in [9.17, 15) is 0 Å². The van der Waals surface area contributed by atoms with Gasteiger partial charge in [-0.15, -0.1) is 0 Å². The van der Waals surface area contributed by atoms with Gasteiger partial charge in [-0.05, 0) is 49.7 Å². The second-order valence-corrected chi connectivity index (χ2v) is 6.79. The number of hydrogen-bond donors (Lipinski definition) is 1. The molecule has 1 heterocycles. The molecule has 0 spiro atoms. The fourth-order valence-corrected chi connectivity index (χ4v) is 4.17. The van der Waals surface area contributed by atoms with Gasteiger partial charge in [-0.2, -0.15) is 0 Å². The Labute approximate surface area is 123 Å². The highest BCUT2D eigenvalue weighted by Gasteiger charge is 2.27. The van der Waals surface area contributed by atoms with Gasteiger partial charge in [0.15, 0.2) is 0 Å². The number of nitrogens with two attached hydrogens (primary N) is 1. The van der Waals surface area contributed by atoms with Gasteiger partial charge >= 0.3 is 0 Å². The van der Waals surface area contributed by atoms with E-state index in [0.29, 0.717) is 12.0 Å². The number of nitrogens with zero attached hydrogens (tertiary/aromatic N) is 1. The second-order valence-electron chi connectivity index (χ2n) is 6.79. The first-order valence-corrected chi connectivity index (χ1v) is 8.54. The van der Waals surface area contributed by atoms with E-state index in [1.54, 1.807) is 0 Å². The maximum Gasteiger partial charge on any atom is 0.0481 e. The molecule has 2 nitrogen and oxygen atoms in total. The molecule has 2 unspecified atom stereocenters. The maximum atomic E-state index is 6.54. The van der Waals surface area contributed by atoms with Gasteiger partial charge in [0.05, 0.1) is 0 Å². The second kappa shape index (κ2) is 6.71. The Morgan fingerprint density at radius 3 is 2.85 bits per heavy atom. The lowest BCUT2D eigenvalue weighted by Gasteiger charge is -2.30. The lowest BCUT2D eigenvalue weighted by molar-refractivity contribution is 0.309. The Kier molecular flexibility index (Phi) is 4.72. The third kappa shape index (κ3) is 3.22. The number of aromatic nitrogens is 1. The highest BCUT2D eigenvalue weighted by atomic mass is 14.7. The molecule has 2 aliphatic rings. The molecule has 0 bridgehead atoms. The van der Waals surface area contributed by atoms with Crippen molar-refractivity contribution in [2.75, 3.05) is 0 Å². The zero-order valence-electron chi connectivity index (χ0n) is 12.6. The third-order valence-electron chi connectivity index (χ3n) is 5.39. The topological polar surface area (TPSA) is 38.9 Å². The maximum absolute atomic E-state index is 6.54. The summed E-state index contributed by atoms with van der Waals surface area (Å²) in [6.45, 7) is 0. The zero-order valence-corrected chi connectivity index (χ0v) is 12.6. The number of pyridine rings is 1. The van der Waals surface area contributed by atoms with Crippen LogP contribution in [-0.4, -0.2) is 11.0 Å². The van der Waals surface area contributed by atoms with Crippen molar-refractivity contribution in [1.82, 2.24) is 4.98 Å². The summed E-state index contributed by atoms with van der Waals surface area (Å²) in [6.07, 6.45) is 15.4. The van der Waals surface area contributed by atoms with E-state index >= 15 is 0 Å². The Balaban J connectivity index is 1.58. The van der Waals surface area contributed by atoms with Crippen molar-refractivity contribution in [3.8, 4) is 0 Å². The molecular weight excluding hydrogens is 244 g/mol. The molecule has 1 aromatic rings. The van der Waals surface area contributed by atoms with Crippen LogP contribution in [0.25, 0.3) is 0 Å². The van der Waals surface area contributed by atoms with Gasteiger partial charge < -0.3 is 5.73 Å². The molecule has 0 amide bonds. The molecule has 2 aliphatic carbocycles. The van der Waals surface area contributed by atoms with Crippen molar-refractivity contribution in [2.45, 2.75) is 76.2 Å². The van der Waals surface area contributed by atoms with E-state index in [1.807, 2.05) is 6.20 Å². The summed E-state index contributed by atoms with van der Waals surface area (Å²) in [6, 6.07) is 4.61. The van der Waals surface area contributed by atoms with E-state index in [2.05, 4.69) is 17.1 Å². The Bertz CT molecular complexity index is 423. The smallest absolute Gasteiger partial charge is 0.0481 e. The number of hydrogen-bond acceptors (Lipinski definition) is 2. The first-order valence-electron chi connectivity index (χ1n) is 8.54. The van der Waals surface area contributed by atoms with Gasteiger partial charge in [0.25, 0.3) is 0 Å². The van der Waals surface area contributed by atoms with Crippen LogP contribution in [0, 0.1) is 5.92 Å². The molecule has 0 radical (unpaired) electrons. The van der Waals surface area contributed by atoms with Crippen LogP contribution in [0.3, 0.4) is 0 Å². The van der Waals surface area contributed by atoms with Gasteiger partial charge in [-0.3, -0.25) is 4.98 Å². The SMILES string of the molecule is NC(CCC1CCCCC1)C1CCCc2cccnc21. The summed E-state index contributed by atoms with van der Waals surface area (Å²) in [4.78, 5) is 4.64. The quantitative estimate of drug-likeness (QED) is 0.892. The van der Waals surface area contributed by atoms with E-state index in [0.717, 1.165) is 5.92 Å². The number of aryl methyl sites for hydroxylation is 1. The average Bonchev–Trinajstić information content (AvgIpc) is 2.53. The van der Waals surface area contributed by atoms with Crippen molar-refractivity contribution in [3.63, 3.8) is 0 Å². The Morgan fingerprint density at radius 1 is 1.15 bits per heavy atom. The van der Waals surface area contributed by atoms with E-state index in [-0.39, 0.29) is 0 Å². The van der Waals surface area contributed by atoms with Gasteiger partial charge in [0, 0.05) is 23.9 Å². The van der Waals surface area contributed by atoms with E-state index < -0.39 is 0 Å². The Hall–Kier alpha value is -0.890. The van der Waals surface area contributed by atoms with Crippen LogP contribution in [0.5, 0.6) is 0 Å². The molecule has 0 saturated heterocycles. The van der Waals surface area contributed by atoms with Crippen molar-refractivity contribution in [1.29, 1.82) is 0 Å². The third-order valence-corrected chi connectivity index (χ3v) is 5.39. The van der Waals surface area contributed by atoms with Crippen LogP contribution in [0.4, 0.5) is 0 Å². The lowest BCUT2D eigenvalue weighted by atomic mass is 9.78. The van der Waals surface area contributed by atoms with Crippen LogP contribution in [-0.2, 0) is 6.42 Å². The minimum atomic E-state index is 0.311. The highest BCUT2D eigenvalue weighted by molar-refractivity contribution is 5.27. The van der Waals surface area contributed by atoms with Crippen molar-refractivity contribution >= 4 is 0 Å². The minimum Gasteiger partial charge on any atom is -0.327 e. The van der Waals surface area contributed by atoms with Gasteiger partial charge in [-0.25, -0.2) is 0 Å². The predicted molar refractivity (Wildman–Crippen MR) is 83.7 cm³/mol.